The fourth-order valence-electron chi connectivity index (χ4n) is 4.09. The number of aromatic nitrogens is 2. The Morgan fingerprint density at radius 2 is 2.17 bits per heavy atom. The van der Waals surface area contributed by atoms with Gasteiger partial charge in [-0.05, 0) is 37.9 Å². The van der Waals surface area contributed by atoms with E-state index in [-0.39, 0.29) is 18.7 Å². The number of hydrogen-bond acceptors (Lipinski definition) is 6. The number of fused-ring (bicyclic) bond motifs is 2. The molecule has 2 aliphatic heterocycles. The van der Waals surface area contributed by atoms with Crippen LogP contribution in [0.25, 0.3) is 4.96 Å². The van der Waals surface area contributed by atoms with Crippen LogP contribution in [0, 0.1) is 6.92 Å². The number of carbonyl (C=O) groups excluding carboxylic acids is 1. The SMILES string of the molecule is Cc1csc2nc(CN3C(=O)CC[C@H]3CCNCc3cc4c(cc3Cl)OCO4)cn12. The molecule has 9 heteroatoms. The van der Waals surface area contributed by atoms with Crippen LogP contribution in [0.1, 0.15) is 36.2 Å². The zero-order valence-electron chi connectivity index (χ0n) is 16.7. The molecule has 158 valence electrons. The first-order valence-electron chi connectivity index (χ1n) is 10.1. The van der Waals surface area contributed by atoms with E-state index in [2.05, 4.69) is 27.0 Å². The number of carbonyl (C=O) groups is 1. The van der Waals surface area contributed by atoms with Gasteiger partial charge >= 0.3 is 0 Å². The van der Waals surface area contributed by atoms with Crippen LogP contribution in [0.15, 0.2) is 23.7 Å². The highest BCUT2D eigenvalue weighted by atomic mass is 35.5. The van der Waals surface area contributed by atoms with E-state index in [4.69, 9.17) is 21.1 Å². The second kappa shape index (κ2) is 8.09. The molecule has 4 heterocycles. The van der Waals surface area contributed by atoms with Crippen molar-refractivity contribution >= 4 is 33.8 Å². The number of nitrogens with zero attached hydrogens (tertiary/aromatic N) is 3. The van der Waals surface area contributed by atoms with Crippen molar-refractivity contribution in [3.05, 3.63) is 45.7 Å². The molecule has 1 saturated heterocycles. The Morgan fingerprint density at radius 1 is 1.33 bits per heavy atom. The zero-order valence-corrected chi connectivity index (χ0v) is 18.3. The Bertz CT molecular complexity index is 1100. The summed E-state index contributed by atoms with van der Waals surface area (Å²) in [5, 5.41) is 6.21. The van der Waals surface area contributed by atoms with Crippen LogP contribution in [0.4, 0.5) is 0 Å². The summed E-state index contributed by atoms with van der Waals surface area (Å²) < 4.78 is 12.9. The van der Waals surface area contributed by atoms with Crippen LogP contribution >= 0.6 is 22.9 Å². The number of imidazole rings is 1. The van der Waals surface area contributed by atoms with Gasteiger partial charge in [0.1, 0.15) is 0 Å². The van der Waals surface area contributed by atoms with Crippen LogP contribution < -0.4 is 14.8 Å². The zero-order chi connectivity index (χ0) is 20.7. The van der Waals surface area contributed by atoms with E-state index < -0.39 is 0 Å². The summed E-state index contributed by atoms with van der Waals surface area (Å²) in [6.45, 7) is 4.33. The Balaban J connectivity index is 1.17. The minimum absolute atomic E-state index is 0.215. The van der Waals surface area contributed by atoms with E-state index in [1.807, 2.05) is 17.2 Å². The third-order valence-corrected chi connectivity index (χ3v) is 7.04. The molecular formula is C21H23ClN4O3S. The lowest BCUT2D eigenvalue weighted by atomic mass is 10.1. The molecule has 0 spiro atoms. The molecule has 1 aromatic carbocycles. The smallest absolute Gasteiger partial charge is 0.231 e. The van der Waals surface area contributed by atoms with Crippen molar-refractivity contribution < 1.29 is 14.3 Å². The maximum Gasteiger partial charge on any atom is 0.231 e. The second-order valence-electron chi connectivity index (χ2n) is 7.74. The van der Waals surface area contributed by atoms with Gasteiger partial charge in [0.15, 0.2) is 16.5 Å². The molecule has 0 unspecified atom stereocenters. The number of likely N-dealkylation sites (tertiary alicyclic amines) is 1. The highest BCUT2D eigenvalue weighted by molar-refractivity contribution is 7.15. The van der Waals surface area contributed by atoms with E-state index in [0.29, 0.717) is 30.3 Å². The number of ether oxygens (including phenoxy) is 2. The highest BCUT2D eigenvalue weighted by Crippen LogP contribution is 2.36. The van der Waals surface area contributed by atoms with Crippen LogP contribution in [-0.2, 0) is 17.9 Å². The minimum Gasteiger partial charge on any atom is -0.454 e. The minimum atomic E-state index is 0.215. The van der Waals surface area contributed by atoms with E-state index in [1.165, 1.54) is 5.69 Å². The van der Waals surface area contributed by atoms with E-state index >= 15 is 0 Å². The molecule has 7 nitrogen and oxygen atoms in total. The predicted octanol–water partition coefficient (Wildman–Crippen LogP) is 3.76. The number of nitrogens with one attached hydrogen (secondary N) is 1. The fourth-order valence-corrected chi connectivity index (χ4v) is 5.18. The maximum absolute atomic E-state index is 12.4. The van der Waals surface area contributed by atoms with Crippen molar-refractivity contribution in [3.63, 3.8) is 0 Å². The molecule has 1 fully saturated rings. The van der Waals surface area contributed by atoms with Crippen molar-refractivity contribution in [1.29, 1.82) is 0 Å². The van der Waals surface area contributed by atoms with Crippen LogP contribution in [-0.4, -0.2) is 39.6 Å². The van der Waals surface area contributed by atoms with Gasteiger partial charge in [0, 0.05) is 47.4 Å². The summed E-state index contributed by atoms with van der Waals surface area (Å²) in [7, 11) is 0. The second-order valence-corrected chi connectivity index (χ2v) is 8.98. The molecule has 2 aromatic heterocycles. The number of amides is 1. The quantitative estimate of drug-likeness (QED) is 0.560. The number of halogens is 1. The lowest BCUT2D eigenvalue weighted by Gasteiger charge is -2.24. The van der Waals surface area contributed by atoms with Crippen molar-refractivity contribution in [2.75, 3.05) is 13.3 Å². The van der Waals surface area contributed by atoms with Gasteiger partial charge in [0.25, 0.3) is 0 Å². The molecule has 1 N–H and O–H groups in total. The van der Waals surface area contributed by atoms with Crippen molar-refractivity contribution in [2.45, 2.75) is 45.3 Å². The first-order valence-corrected chi connectivity index (χ1v) is 11.3. The summed E-state index contributed by atoms with van der Waals surface area (Å²) >= 11 is 7.97. The van der Waals surface area contributed by atoms with E-state index in [9.17, 15) is 4.79 Å². The molecule has 1 amide bonds. The van der Waals surface area contributed by atoms with Gasteiger partial charge in [-0.25, -0.2) is 4.98 Å². The van der Waals surface area contributed by atoms with Gasteiger partial charge in [-0.2, -0.15) is 0 Å². The van der Waals surface area contributed by atoms with Crippen molar-refractivity contribution in [2.24, 2.45) is 0 Å². The summed E-state index contributed by atoms with van der Waals surface area (Å²) in [4.78, 5) is 20.1. The normalized spacial score (nSPS) is 18.1. The van der Waals surface area contributed by atoms with Crippen molar-refractivity contribution in [3.8, 4) is 11.5 Å². The summed E-state index contributed by atoms with van der Waals surface area (Å²) in [5.74, 6) is 1.64. The first kappa shape index (κ1) is 19.7. The Labute approximate surface area is 183 Å². The molecule has 3 aromatic rings. The number of thiazole rings is 1. The number of benzene rings is 1. The van der Waals surface area contributed by atoms with Crippen LogP contribution in [0.2, 0.25) is 5.02 Å². The number of rotatable bonds is 7. The Morgan fingerprint density at radius 3 is 3.00 bits per heavy atom. The third kappa shape index (κ3) is 3.75. The number of hydrogen-bond donors (Lipinski definition) is 1. The average molecular weight is 447 g/mol. The monoisotopic (exact) mass is 446 g/mol. The largest absolute Gasteiger partial charge is 0.454 e. The van der Waals surface area contributed by atoms with Gasteiger partial charge in [-0.1, -0.05) is 11.6 Å². The van der Waals surface area contributed by atoms with Gasteiger partial charge in [0.2, 0.25) is 12.7 Å². The van der Waals surface area contributed by atoms with Crippen molar-refractivity contribution in [1.82, 2.24) is 19.6 Å². The topological polar surface area (TPSA) is 68.1 Å². The molecule has 0 radical (unpaired) electrons. The molecule has 0 aliphatic carbocycles. The summed E-state index contributed by atoms with van der Waals surface area (Å²) in [6.07, 6.45) is 4.45. The fraction of sp³-hybridized carbons (Fsp3) is 0.429. The van der Waals surface area contributed by atoms with Gasteiger partial charge < -0.3 is 19.7 Å². The molecule has 1 atom stereocenters. The summed E-state index contributed by atoms with van der Waals surface area (Å²) in [5.41, 5.74) is 3.10. The lowest BCUT2D eigenvalue weighted by molar-refractivity contribution is -0.129. The molecule has 0 bridgehead atoms. The predicted molar refractivity (Wildman–Crippen MR) is 115 cm³/mol. The molecular weight excluding hydrogens is 424 g/mol. The third-order valence-electron chi connectivity index (χ3n) is 5.73. The summed E-state index contributed by atoms with van der Waals surface area (Å²) in [6, 6.07) is 3.96. The Kier molecular flexibility index (Phi) is 5.30. The molecule has 5 rings (SSSR count). The van der Waals surface area contributed by atoms with E-state index in [0.717, 1.165) is 41.4 Å². The average Bonchev–Trinajstić information content (AvgIpc) is 3.48. The first-order chi connectivity index (χ1) is 14.6. The molecule has 30 heavy (non-hydrogen) atoms. The van der Waals surface area contributed by atoms with E-state index in [1.54, 1.807) is 17.4 Å². The number of aryl methyl sites for hydroxylation is 1. The molecule has 0 saturated carbocycles. The standard InChI is InChI=1S/C21H23ClN4O3S/c1-13-11-30-21-24-15(9-25(13)21)10-26-16(2-3-20(26)27)4-5-23-8-14-6-18-19(7-17(14)22)29-12-28-18/h6-7,9,11,16,23H,2-5,8,10,12H2,1H3/t16-/m0/s1. The Hall–Kier alpha value is -2.29. The van der Waals surface area contributed by atoms with Gasteiger partial charge in [-0.3, -0.25) is 9.20 Å². The van der Waals surface area contributed by atoms with Crippen LogP contribution in [0.5, 0.6) is 11.5 Å². The molecule has 2 aliphatic rings. The highest BCUT2D eigenvalue weighted by Gasteiger charge is 2.31. The van der Waals surface area contributed by atoms with Gasteiger partial charge in [0.05, 0.1) is 12.2 Å². The lowest BCUT2D eigenvalue weighted by Crippen LogP contribution is -2.34. The van der Waals surface area contributed by atoms with Crippen LogP contribution in [0.3, 0.4) is 0 Å². The maximum atomic E-state index is 12.4. The van der Waals surface area contributed by atoms with Gasteiger partial charge in [-0.15, -0.1) is 11.3 Å².